The van der Waals surface area contributed by atoms with Crippen molar-refractivity contribution in [2.45, 2.75) is 144 Å². The van der Waals surface area contributed by atoms with E-state index in [0.29, 0.717) is 18.4 Å². The summed E-state index contributed by atoms with van der Waals surface area (Å²) in [7, 11) is 2.75. The van der Waals surface area contributed by atoms with Gasteiger partial charge >= 0.3 is 5.97 Å². The number of aliphatic hydroxyl groups excluding tert-OH is 1. The predicted octanol–water partition coefficient (Wildman–Crippen LogP) is 3.03. The molecule has 336 valence electrons. The maximum absolute atomic E-state index is 14.1. The van der Waals surface area contributed by atoms with Gasteiger partial charge in [0, 0.05) is 38.0 Å². The van der Waals surface area contributed by atoms with Crippen LogP contribution in [0.5, 0.6) is 0 Å². The van der Waals surface area contributed by atoms with Crippen LogP contribution in [0.15, 0.2) is 35.9 Å². The van der Waals surface area contributed by atoms with Gasteiger partial charge in [0.25, 0.3) is 5.91 Å². The first-order valence-corrected chi connectivity index (χ1v) is 21.0. The Morgan fingerprint density at radius 3 is 1.95 bits per heavy atom. The summed E-state index contributed by atoms with van der Waals surface area (Å²) < 4.78 is 19.5. The quantitative estimate of drug-likeness (QED) is 0.244. The van der Waals surface area contributed by atoms with E-state index in [1.165, 1.54) is 65.2 Å². The van der Waals surface area contributed by atoms with Crippen LogP contribution in [0.25, 0.3) is 0 Å². The van der Waals surface area contributed by atoms with Crippen molar-refractivity contribution in [3.63, 3.8) is 0 Å². The lowest BCUT2D eigenvalue weighted by atomic mass is 9.84. The number of rotatable bonds is 8. The Hall–Kier alpha value is -4.86. The molecule has 1 aliphatic rings. The molecule has 0 spiro atoms. The maximum Gasteiger partial charge on any atom is 0.334 e. The van der Waals surface area contributed by atoms with Gasteiger partial charge in [0.2, 0.25) is 29.5 Å². The summed E-state index contributed by atoms with van der Waals surface area (Å²) in [6, 6.07) is 0.327. The summed E-state index contributed by atoms with van der Waals surface area (Å²) in [5.74, 6) is -6.18. The Kier molecular flexibility index (Phi) is 20.3. The molecular formula is C44H69FN6O9. The molecular weight excluding hydrogens is 776 g/mol. The fourth-order valence-corrected chi connectivity index (χ4v) is 6.93. The van der Waals surface area contributed by atoms with Crippen molar-refractivity contribution in [3.05, 3.63) is 47.3 Å². The Labute approximate surface area is 355 Å². The zero-order valence-corrected chi connectivity index (χ0v) is 37.5. The zero-order valence-electron chi connectivity index (χ0n) is 37.5. The molecule has 16 heteroatoms. The van der Waals surface area contributed by atoms with Crippen LogP contribution in [0.1, 0.15) is 100 Å². The van der Waals surface area contributed by atoms with E-state index in [0.717, 1.165) is 9.80 Å². The minimum atomic E-state index is -1.28. The number of likely N-dealkylation sites (N-methyl/N-ethyl adjacent to an activating group) is 2. The highest BCUT2D eigenvalue weighted by atomic mass is 19.1. The molecule has 0 fully saturated rings. The number of esters is 1. The zero-order chi connectivity index (χ0) is 45.6. The van der Waals surface area contributed by atoms with Gasteiger partial charge in [-0.15, -0.1) is 0 Å². The summed E-state index contributed by atoms with van der Waals surface area (Å²) in [5.41, 5.74) is 0.655. The molecule has 1 aliphatic heterocycles. The second-order valence-corrected chi connectivity index (χ2v) is 16.9. The Bertz CT molecular complexity index is 1690. The molecule has 2 rings (SSSR count). The van der Waals surface area contributed by atoms with Crippen LogP contribution < -0.4 is 21.3 Å². The van der Waals surface area contributed by atoms with E-state index in [4.69, 9.17) is 4.74 Å². The van der Waals surface area contributed by atoms with Gasteiger partial charge in [-0.1, -0.05) is 79.5 Å². The lowest BCUT2D eigenvalue weighted by Gasteiger charge is -2.34. The number of hydrogen-bond acceptors (Lipinski definition) is 9. The van der Waals surface area contributed by atoms with E-state index in [9.17, 15) is 43.1 Å². The smallest absolute Gasteiger partial charge is 0.334 e. The third kappa shape index (κ3) is 15.0. The average molecular weight is 845 g/mol. The number of aliphatic hydroxyl groups is 1. The Morgan fingerprint density at radius 1 is 0.800 bits per heavy atom. The molecule has 0 bridgehead atoms. The molecule has 1 aromatic rings. The third-order valence-electron chi connectivity index (χ3n) is 11.4. The molecule has 5 N–H and O–H groups in total. The maximum atomic E-state index is 14.1. The number of amides is 6. The van der Waals surface area contributed by atoms with Gasteiger partial charge in [-0.25, -0.2) is 9.18 Å². The molecule has 1 aromatic carbocycles. The van der Waals surface area contributed by atoms with Crippen molar-refractivity contribution in [2.75, 3.05) is 20.6 Å². The normalized spacial score (nSPS) is 28.8. The van der Waals surface area contributed by atoms with Crippen molar-refractivity contribution in [1.29, 1.82) is 0 Å². The van der Waals surface area contributed by atoms with E-state index in [1.807, 2.05) is 34.6 Å². The Balaban J connectivity index is 2.62. The molecule has 10 atom stereocenters. The van der Waals surface area contributed by atoms with Crippen LogP contribution in [-0.2, 0) is 44.7 Å². The van der Waals surface area contributed by atoms with Crippen molar-refractivity contribution in [2.24, 2.45) is 23.7 Å². The van der Waals surface area contributed by atoms with E-state index >= 15 is 0 Å². The van der Waals surface area contributed by atoms with Crippen molar-refractivity contribution >= 4 is 41.4 Å². The molecule has 0 aliphatic carbocycles. The number of halogens is 1. The van der Waals surface area contributed by atoms with Crippen LogP contribution >= 0.6 is 0 Å². The molecule has 60 heavy (non-hydrogen) atoms. The molecule has 1 unspecified atom stereocenters. The molecule has 0 saturated heterocycles. The topological polar surface area (TPSA) is 204 Å². The summed E-state index contributed by atoms with van der Waals surface area (Å²) in [5, 5.41) is 22.3. The lowest BCUT2D eigenvalue weighted by Crippen LogP contribution is -2.58. The van der Waals surface area contributed by atoms with Crippen LogP contribution in [-0.4, -0.2) is 119 Å². The van der Waals surface area contributed by atoms with Gasteiger partial charge in [0.05, 0.1) is 12.6 Å². The molecule has 15 nitrogen and oxygen atoms in total. The van der Waals surface area contributed by atoms with Crippen LogP contribution in [0.2, 0.25) is 0 Å². The number of nitrogens with one attached hydrogen (secondary N) is 4. The largest absolute Gasteiger partial charge is 0.449 e. The molecule has 1 heterocycles. The highest BCUT2D eigenvalue weighted by molar-refractivity contribution is 5.96. The van der Waals surface area contributed by atoms with Gasteiger partial charge in [0.1, 0.15) is 30.0 Å². The van der Waals surface area contributed by atoms with E-state index < -0.39 is 102 Å². The third-order valence-corrected chi connectivity index (χ3v) is 11.4. The first kappa shape index (κ1) is 51.3. The second kappa shape index (κ2) is 23.8. The van der Waals surface area contributed by atoms with Crippen LogP contribution in [0, 0.1) is 29.5 Å². The van der Waals surface area contributed by atoms with Crippen molar-refractivity contribution in [1.82, 2.24) is 31.1 Å². The highest BCUT2D eigenvalue weighted by Gasteiger charge is 2.36. The number of nitrogens with zero attached hydrogens (tertiary/aromatic N) is 2. The van der Waals surface area contributed by atoms with Gasteiger partial charge in [-0.3, -0.25) is 28.8 Å². The lowest BCUT2D eigenvalue weighted by molar-refractivity contribution is -0.154. The van der Waals surface area contributed by atoms with Gasteiger partial charge in [-0.2, -0.15) is 0 Å². The average Bonchev–Trinajstić information content (AvgIpc) is 3.20. The first-order valence-electron chi connectivity index (χ1n) is 21.0. The molecule has 6 amide bonds. The summed E-state index contributed by atoms with van der Waals surface area (Å²) in [4.78, 5) is 98.1. The van der Waals surface area contributed by atoms with E-state index in [-0.39, 0.29) is 42.6 Å². The van der Waals surface area contributed by atoms with Gasteiger partial charge in [-0.05, 0) is 69.1 Å². The van der Waals surface area contributed by atoms with Crippen LogP contribution in [0.3, 0.4) is 0 Å². The predicted molar refractivity (Wildman–Crippen MR) is 225 cm³/mol. The Morgan fingerprint density at radius 2 is 1.38 bits per heavy atom. The molecule has 0 saturated carbocycles. The second-order valence-electron chi connectivity index (χ2n) is 16.9. The first-order chi connectivity index (χ1) is 28.0. The SMILES string of the molecule is CCC(C)[C@@H]1NC(=O)CN(C)C(=O)[C@@H](Cc2ccc(F)cc2)N(C)C(=O)[C@H](C)NC(=O)[C@@H](CC(C)C)OC(=O)/C(C)=C/C[C@H](O)[C@H](C)[C@@H]([C@@H](C)CC)NC(=O)[C@@H](C)NC1=O. The fraction of sp³-hybridized carbons (Fsp3) is 0.659. The van der Waals surface area contributed by atoms with E-state index in [2.05, 4.69) is 21.3 Å². The number of ether oxygens (including phenoxy) is 1. The number of carbonyl (C=O) groups is 7. The summed E-state index contributed by atoms with van der Waals surface area (Å²) in [6.45, 7) is 16.9. The minimum Gasteiger partial charge on any atom is -0.449 e. The van der Waals surface area contributed by atoms with E-state index in [1.54, 1.807) is 13.8 Å². The van der Waals surface area contributed by atoms with Gasteiger partial charge < -0.3 is 40.9 Å². The monoisotopic (exact) mass is 845 g/mol. The highest BCUT2D eigenvalue weighted by Crippen LogP contribution is 2.23. The number of carbonyl (C=O) groups excluding carboxylic acids is 7. The fourth-order valence-electron chi connectivity index (χ4n) is 6.93. The number of benzene rings is 1. The van der Waals surface area contributed by atoms with Gasteiger partial charge in [0.15, 0.2) is 6.10 Å². The number of hydrogen-bond donors (Lipinski definition) is 5. The number of cyclic esters (lactones) is 1. The summed E-state index contributed by atoms with van der Waals surface area (Å²) in [6.07, 6.45) is 0.464. The molecule has 0 aromatic heterocycles. The standard InChI is InChI=1S/C44H69FN6O9/c1-13-25(5)37-28(8)34(52)20-15-27(7)44(59)60-35(21-24(3)4)40(55)47-30(10)42(57)51(12)33(22-31-16-18-32(45)19-17-31)43(58)50(11)23-36(53)48-38(26(6)14-2)41(56)46-29(9)39(54)49-37/h15-19,24-26,28-30,33-35,37-38,52H,13-14,20-23H2,1-12H3,(H,46,56)(H,47,55)(H,48,53)(H,49,54)/b27-15+/t25-,26?,28-,29+,30-,33+,34-,35+,37+,38-/m0/s1. The minimum absolute atomic E-state index is 0.0272. The van der Waals surface area contributed by atoms with Crippen LogP contribution in [0.4, 0.5) is 4.39 Å². The van der Waals surface area contributed by atoms with Crippen molar-refractivity contribution in [3.8, 4) is 0 Å². The summed E-state index contributed by atoms with van der Waals surface area (Å²) >= 11 is 0. The van der Waals surface area contributed by atoms with Crippen molar-refractivity contribution < 1.29 is 47.8 Å². The molecule has 0 radical (unpaired) electrons.